The molecule has 1 aromatic carbocycles. The normalized spacial score (nSPS) is 11.7. The predicted octanol–water partition coefficient (Wildman–Crippen LogP) is 2.94. The minimum atomic E-state index is -5.46. The van der Waals surface area contributed by atoms with E-state index in [4.69, 9.17) is 0 Å². The molecule has 0 N–H and O–H groups in total. The molecule has 1 radical (unpaired) electrons. The molecule has 0 spiro atoms. The molecule has 0 aromatic heterocycles. The summed E-state index contributed by atoms with van der Waals surface area (Å²) in [7, 11) is 0. The highest BCUT2D eigenvalue weighted by Crippen LogP contribution is 2.30. The Morgan fingerprint density at radius 1 is 0.867 bits per heavy atom. The van der Waals surface area contributed by atoms with Crippen LogP contribution in [0.25, 0.3) is 0 Å². The maximum absolute atomic E-state index is 12.5. The fourth-order valence-electron chi connectivity index (χ4n) is 0.707. The summed E-state index contributed by atoms with van der Waals surface area (Å²) in [6.07, 6.45) is -5.46. The molecule has 0 amide bonds. The summed E-state index contributed by atoms with van der Waals surface area (Å²) in [5.41, 5.74) is 0. The van der Waals surface area contributed by atoms with Crippen LogP contribution in [0.15, 0.2) is 0 Å². The monoisotopic (exact) mass is 233 g/mol. The van der Waals surface area contributed by atoms with Gasteiger partial charge in [0.1, 0.15) is 0 Å². The summed E-state index contributed by atoms with van der Waals surface area (Å²) in [5.74, 6) is -11.0. The van der Waals surface area contributed by atoms with Crippen molar-refractivity contribution in [2.24, 2.45) is 0 Å². The summed E-state index contributed by atoms with van der Waals surface area (Å²) >= 11 is 0. The first-order chi connectivity index (χ1) is 6.72. The molecule has 0 heterocycles. The van der Waals surface area contributed by atoms with E-state index in [0.717, 1.165) is 6.07 Å². The minimum Gasteiger partial charge on any atom is -0.399 e. The fourth-order valence-corrected chi connectivity index (χ4v) is 0.707. The number of rotatable bonds is 1. The van der Waals surface area contributed by atoms with E-state index in [0.29, 0.717) is 0 Å². The maximum Gasteiger partial charge on any atom is 0.573 e. The molecule has 15 heavy (non-hydrogen) atoms. The third-order valence-electron chi connectivity index (χ3n) is 1.22. The van der Waals surface area contributed by atoms with Crippen LogP contribution in [0.3, 0.4) is 0 Å². The second-order valence-electron chi connectivity index (χ2n) is 2.26. The fraction of sp³-hybridized carbons (Fsp3) is 0.143. The van der Waals surface area contributed by atoms with Crippen LogP contribution in [0.1, 0.15) is 0 Å². The Labute approximate surface area is 78.1 Å². The summed E-state index contributed by atoms with van der Waals surface area (Å²) in [4.78, 5) is 0. The van der Waals surface area contributed by atoms with Gasteiger partial charge in [-0.3, -0.25) is 0 Å². The topological polar surface area (TPSA) is 9.23 Å². The van der Waals surface area contributed by atoms with Gasteiger partial charge in [-0.1, -0.05) is 0 Å². The van der Waals surface area contributed by atoms with Crippen LogP contribution in [0.5, 0.6) is 5.75 Å². The van der Waals surface area contributed by atoms with Crippen LogP contribution in [0, 0.1) is 29.3 Å². The molecule has 8 heteroatoms. The van der Waals surface area contributed by atoms with Crippen molar-refractivity contribution in [1.29, 1.82) is 0 Å². The minimum absolute atomic E-state index is 0.902. The molecule has 0 saturated heterocycles. The lowest BCUT2D eigenvalue weighted by Gasteiger charge is -2.10. The lowest BCUT2D eigenvalue weighted by molar-refractivity contribution is -0.276. The molecule has 0 bridgehead atoms. The van der Waals surface area contributed by atoms with Crippen molar-refractivity contribution in [2.75, 3.05) is 0 Å². The van der Waals surface area contributed by atoms with Gasteiger partial charge >= 0.3 is 6.36 Å². The van der Waals surface area contributed by atoms with Crippen molar-refractivity contribution >= 4 is 0 Å². The van der Waals surface area contributed by atoms with Gasteiger partial charge in [-0.05, 0) is 0 Å². The van der Waals surface area contributed by atoms with Gasteiger partial charge in [0.2, 0.25) is 17.4 Å². The van der Waals surface area contributed by atoms with Crippen LogP contribution in [0.4, 0.5) is 30.7 Å². The van der Waals surface area contributed by atoms with Crippen molar-refractivity contribution < 1.29 is 35.5 Å². The average Bonchev–Trinajstić information content (AvgIpc) is 2.08. The van der Waals surface area contributed by atoms with E-state index in [-0.39, 0.29) is 0 Å². The Kier molecular flexibility index (Phi) is 2.78. The van der Waals surface area contributed by atoms with Crippen LogP contribution >= 0.6 is 0 Å². The molecule has 0 saturated carbocycles. The van der Waals surface area contributed by atoms with Crippen LogP contribution in [-0.4, -0.2) is 6.36 Å². The average molecular weight is 233 g/mol. The molecule has 1 rings (SSSR count). The Bertz CT molecular complexity index is 358. The molecule has 0 unspecified atom stereocenters. The van der Waals surface area contributed by atoms with Gasteiger partial charge in [0.25, 0.3) is 0 Å². The van der Waals surface area contributed by atoms with Gasteiger partial charge < -0.3 is 4.74 Å². The molecule has 1 aromatic rings. The first-order valence-electron chi connectivity index (χ1n) is 3.23. The van der Waals surface area contributed by atoms with Gasteiger partial charge in [0, 0.05) is 0 Å². The summed E-state index contributed by atoms with van der Waals surface area (Å²) in [5, 5.41) is 0. The molecular weight excluding hydrogens is 233 g/mol. The van der Waals surface area contributed by atoms with Crippen molar-refractivity contribution in [3.63, 3.8) is 0 Å². The van der Waals surface area contributed by atoms with E-state index in [9.17, 15) is 30.7 Å². The van der Waals surface area contributed by atoms with E-state index < -0.39 is 35.4 Å². The molecule has 0 atom stereocenters. The third-order valence-corrected chi connectivity index (χ3v) is 1.22. The highest BCUT2D eigenvalue weighted by Gasteiger charge is 2.35. The number of hydrogen-bond acceptors (Lipinski definition) is 1. The van der Waals surface area contributed by atoms with Gasteiger partial charge in [-0.25, -0.2) is 8.78 Å². The maximum atomic E-state index is 12.5. The highest BCUT2D eigenvalue weighted by molar-refractivity contribution is 5.28. The first kappa shape index (κ1) is 11.6. The molecule has 0 aliphatic heterocycles. The van der Waals surface area contributed by atoms with Crippen LogP contribution in [0.2, 0.25) is 0 Å². The van der Waals surface area contributed by atoms with E-state index in [1.54, 1.807) is 0 Å². The number of hydrogen-bond donors (Lipinski definition) is 0. The number of halogens is 7. The van der Waals surface area contributed by atoms with Crippen molar-refractivity contribution in [3.05, 3.63) is 29.3 Å². The summed E-state index contributed by atoms with van der Waals surface area (Å²) < 4.78 is 87.1. The van der Waals surface area contributed by atoms with E-state index in [2.05, 4.69) is 4.74 Å². The van der Waals surface area contributed by atoms with Crippen LogP contribution in [-0.2, 0) is 0 Å². The van der Waals surface area contributed by atoms with Crippen molar-refractivity contribution in [3.8, 4) is 5.75 Å². The lowest BCUT2D eigenvalue weighted by atomic mass is 10.3. The Balaban J connectivity index is 3.27. The molecule has 0 aliphatic carbocycles. The summed E-state index contributed by atoms with van der Waals surface area (Å²) in [6, 6.07) is 0.902. The van der Waals surface area contributed by atoms with Gasteiger partial charge in [-0.2, -0.15) is 8.78 Å². The van der Waals surface area contributed by atoms with Gasteiger partial charge in [-0.15, -0.1) is 13.2 Å². The van der Waals surface area contributed by atoms with Crippen molar-refractivity contribution in [2.45, 2.75) is 6.36 Å². The lowest BCUT2D eigenvalue weighted by Crippen LogP contribution is -2.19. The standard InChI is InChI=1S/C7F7O/c8-2-1-3(9)5(11)6(4(2)10)15-7(12,13)14. The summed E-state index contributed by atoms with van der Waals surface area (Å²) in [6.45, 7) is 0. The highest BCUT2D eigenvalue weighted by atomic mass is 19.4. The molecule has 0 fully saturated rings. The Morgan fingerprint density at radius 2 is 1.27 bits per heavy atom. The number of benzene rings is 1. The zero-order valence-corrected chi connectivity index (χ0v) is 6.55. The van der Waals surface area contributed by atoms with E-state index in [1.807, 2.05) is 0 Å². The molecule has 83 valence electrons. The SMILES string of the molecule is Fc1[c]c(F)c(F)c(OC(F)(F)F)c1F. The van der Waals surface area contributed by atoms with Gasteiger partial charge in [0.05, 0.1) is 6.07 Å². The molecule has 0 aliphatic rings. The number of ether oxygens (including phenoxy) is 1. The Morgan fingerprint density at radius 3 is 1.60 bits per heavy atom. The number of alkyl halides is 3. The third kappa shape index (κ3) is 2.51. The zero-order valence-electron chi connectivity index (χ0n) is 6.55. The van der Waals surface area contributed by atoms with Crippen LogP contribution < -0.4 is 4.74 Å². The molecule has 1 nitrogen and oxygen atoms in total. The second kappa shape index (κ2) is 3.59. The van der Waals surface area contributed by atoms with Gasteiger partial charge in [0.15, 0.2) is 11.6 Å². The molecular formula is C7F7O. The smallest absolute Gasteiger partial charge is 0.399 e. The first-order valence-corrected chi connectivity index (χ1v) is 3.23. The van der Waals surface area contributed by atoms with E-state index >= 15 is 0 Å². The quantitative estimate of drug-likeness (QED) is 0.535. The Hall–Kier alpha value is -1.47. The van der Waals surface area contributed by atoms with E-state index in [1.165, 1.54) is 0 Å². The zero-order chi connectivity index (χ0) is 11.8. The largest absolute Gasteiger partial charge is 0.573 e. The predicted molar refractivity (Wildman–Crippen MR) is 31.8 cm³/mol. The second-order valence-corrected chi connectivity index (χ2v) is 2.26. The van der Waals surface area contributed by atoms with Crippen molar-refractivity contribution in [1.82, 2.24) is 0 Å².